The second-order valence-corrected chi connectivity index (χ2v) is 6.68. The molecule has 0 unspecified atom stereocenters. The third-order valence-corrected chi connectivity index (χ3v) is 4.77. The zero-order chi connectivity index (χ0) is 19.3. The summed E-state index contributed by atoms with van der Waals surface area (Å²) in [5.74, 6) is 1.06. The van der Waals surface area contributed by atoms with Gasteiger partial charge in [-0.15, -0.1) is 6.58 Å². The van der Waals surface area contributed by atoms with E-state index in [9.17, 15) is 4.79 Å². The second-order valence-electron chi connectivity index (χ2n) is 6.68. The number of hydrogen-bond donors (Lipinski definition) is 1. The lowest BCUT2D eigenvalue weighted by molar-refractivity contribution is 0.0953. The van der Waals surface area contributed by atoms with Crippen molar-refractivity contribution in [3.63, 3.8) is 0 Å². The van der Waals surface area contributed by atoms with Crippen LogP contribution in [-0.4, -0.2) is 29.0 Å². The number of benzene rings is 2. The zero-order valence-corrected chi connectivity index (χ0v) is 15.6. The van der Waals surface area contributed by atoms with Crippen molar-refractivity contribution in [2.45, 2.75) is 12.8 Å². The van der Waals surface area contributed by atoms with Gasteiger partial charge in [0, 0.05) is 30.4 Å². The number of rotatable bonds is 5. The van der Waals surface area contributed by atoms with E-state index in [1.807, 2.05) is 36.4 Å². The molecular formula is C23H22N4O. The van der Waals surface area contributed by atoms with Crippen LogP contribution in [0.3, 0.4) is 0 Å². The molecule has 140 valence electrons. The standard InChI is InChI=1S/C23H22N4O/c1-2-14-24-23(28)19-16-21(26-22(25-19)18-10-4-3-5-11-18)27-15-8-12-17-9-6-7-13-20(17)27/h2-7,9-11,13,16H,1,8,12,14-15H2,(H,24,28). The van der Waals surface area contributed by atoms with Crippen molar-refractivity contribution in [3.8, 4) is 11.4 Å². The minimum atomic E-state index is -0.231. The van der Waals surface area contributed by atoms with Crippen LogP contribution in [0.15, 0.2) is 73.3 Å². The molecule has 1 N–H and O–H groups in total. The fourth-order valence-corrected chi connectivity index (χ4v) is 3.43. The molecule has 2 heterocycles. The molecule has 0 fully saturated rings. The van der Waals surface area contributed by atoms with Crippen LogP contribution in [0.2, 0.25) is 0 Å². The van der Waals surface area contributed by atoms with Crippen molar-refractivity contribution >= 4 is 17.4 Å². The average molecular weight is 370 g/mol. The lowest BCUT2D eigenvalue weighted by Crippen LogP contribution is -2.28. The number of aromatic nitrogens is 2. The van der Waals surface area contributed by atoms with E-state index < -0.39 is 0 Å². The minimum Gasteiger partial charge on any atom is -0.347 e. The van der Waals surface area contributed by atoms with E-state index in [0.717, 1.165) is 36.5 Å². The van der Waals surface area contributed by atoms with E-state index >= 15 is 0 Å². The summed E-state index contributed by atoms with van der Waals surface area (Å²) in [5, 5.41) is 2.81. The molecule has 28 heavy (non-hydrogen) atoms. The largest absolute Gasteiger partial charge is 0.347 e. The third kappa shape index (κ3) is 3.64. The Bertz CT molecular complexity index is 1000. The molecule has 1 amide bonds. The molecule has 0 bridgehead atoms. The van der Waals surface area contributed by atoms with Gasteiger partial charge in [0.15, 0.2) is 5.82 Å². The number of fused-ring (bicyclic) bond motifs is 1. The summed E-state index contributed by atoms with van der Waals surface area (Å²) in [6.45, 7) is 4.90. The normalized spacial score (nSPS) is 12.9. The number of anilines is 2. The predicted octanol–water partition coefficient (Wildman–Crippen LogP) is 4.14. The van der Waals surface area contributed by atoms with Crippen LogP contribution in [0.1, 0.15) is 22.5 Å². The van der Waals surface area contributed by atoms with Crippen LogP contribution < -0.4 is 10.2 Å². The first-order valence-electron chi connectivity index (χ1n) is 9.45. The van der Waals surface area contributed by atoms with Crippen molar-refractivity contribution < 1.29 is 4.79 Å². The summed E-state index contributed by atoms with van der Waals surface area (Å²) < 4.78 is 0. The summed E-state index contributed by atoms with van der Waals surface area (Å²) in [5.41, 5.74) is 3.68. The average Bonchev–Trinajstić information content (AvgIpc) is 2.77. The van der Waals surface area contributed by atoms with Gasteiger partial charge in [-0.1, -0.05) is 54.6 Å². The third-order valence-electron chi connectivity index (χ3n) is 4.77. The highest BCUT2D eigenvalue weighted by Gasteiger charge is 2.21. The molecule has 1 aliphatic heterocycles. The molecule has 0 saturated carbocycles. The molecule has 0 atom stereocenters. The predicted molar refractivity (Wildman–Crippen MR) is 112 cm³/mol. The quantitative estimate of drug-likeness (QED) is 0.686. The Kier molecular flexibility index (Phi) is 5.15. The van der Waals surface area contributed by atoms with Gasteiger partial charge in [0.2, 0.25) is 0 Å². The van der Waals surface area contributed by atoms with Crippen LogP contribution >= 0.6 is 0 Å². The van der Waals surface area contributed by atoms with E-state index in [-0.39, 0.29) is 5.91 Å². The molecule has 1 aromatic heterocycles. The monoisotopic (exact) mass is 370 g/mol. The molecule has 5 nitrogen and oxygen atoms in total. The molecule has 1 aliphatic rings. The molecule has 5 heteroatoms. The fourth-order valence-electron chi connectivity index (χ4n) is 3.43. The number of nitrogens with zero attached hydrogens (tertiary/aromatic N) is 3. The Labute approximate surface area is 164 Å². The summed E-state index contributed by atoms with van der Waals surface area (Å²) in [7, 11) is 0. The highest BCUT2D eigenvalue weighted by atomic mass is 16.1. The number of aryl methyl sites for hydroxylation is 1. The van der Waals surface area contributed by atoms with Gasteiger partial charge >= 0.3 is 0 Å². The zero-order valence-electron chi connectivity index (χ0n) is 15.6. The van der Waals surface area contributed by atoms with E-state index in [4.69, 9.17) is 4.98 Å². The maximum atomic E-state index is 12.6. The molecule has 0 radical (unpaired) electrons. The molecule has 0 spiro atoms. The fraction of sp³-hybridized carbons (Fsp3) is 0.174. The van der Waals surface area contributed by atoms with Crippen molar-refractivity contribution in [2.24, 2.45) is 0 Å². The SMILES string of the molecule is C=CCNC(=O)c1cc(N2CCCc3ccccc32)nc(-c2ccccc2)n1. The van der Waals surface area contributed by atoms with Crippen LogP contribution in [0.5, 0.6) is 0 Å². The van der Waals surface area contributed by atoms with E-state index in [1.54, 1.807) is 12.1 Å². The van der Waals surface area contributed by atoms with Crippen molar-refractivity contribution in [3.05, 3.63) is 84.6 Å². The van der Waals surface area contributed by atoms with Crippen LogP contribution in [0, 0.1) is 0 Å². The Morgan fingerprint density at radius 3 is 2.71 bits per heavy atom. The summed E-state index contributed by atoms with van der Waals surface area (Å²) in [6, 6.07) is 19.9. The number of amides is 1. The number of hydrogen-bond acceptors (Lipinski definition) is 4. The lowest BCUT2D eigenvalue weighted by Gasteiger charge is -2.30. The first kappa shape index (κ1) is 17.9. The Morgan fingerprint density at radius 2 is 1.89 bits per heavy atom. The summed E-state index contributed by atoms with van der Waals surface area (Å²) in [4.78, 5) is 24.1. The maximum Gasteiger partial charge on any atom is 0.270 e. The first-order chi connectivity index (χ1) is 13.8. The number of carbonyl (C=O) groups is 1. The van der Waals surface area contributed by atoms with Crippen LogP contribution in [0.25, 0.3) is 11.4 Å². The van der Waals surface area contributed by atoms with Crippen LogP contribution in [-0.2, 0) is 6.42 Å². The van der Waals surface area contributed by atoms with E-state index in [0.29, 0.717) is 18.1 Å². The van der Waals surface area contributed by atoms with Gasteiger partial charge in [0.1, 0.15) is 11.5 Å². The van der Waals surface area contributed by atoms with Crippen molar-refractivity contribution in [1.29, 1.82) is 0 Å². The Morgan fingerprint density at radius 1 is 1.11 bits per heavy atom. The first-order valence-corrected chi connectivity index (χ1v) is 9.45. The van der Waals surface area contributed by atoms with Gasteiger partial charge in [-0.2, -0.15) is 0 Å². The van der Waals surface area contributed by atoms with Gasteiger partial charge in [-0.3, -0.25) is 4.79 Å². The Hall–Kier alpha value is -3.47. The Balaban J connectivity index is 1.81. The topological polar surface area (TPSA) is 58.1 Å². The summed E-state index contributed by atoms with van der Waals surface area (Å²) in [6.07, 6.45) is 3.74. The summed E-state index contributed by atoms with van der Waals surface area (Å²) >= 11 is 0. The molecule has 0 saturated heterocycles. The van der Waals surface area contributed by atoms with E-state index in [1.165, 1.54) is 5.56 Å². The number of nitrogens with one attached hydrogen (secondary N) is 1. The van der Waals surface area contributed by atoms with Gasteiger partial charge in [-0.25, -0.2) is 9.97 Å². The van der Waals surface area contributed by atoms with Gasteiger partial charge < -0.3 is 10.2 Å². The van der Waals surface area contributed by atoms with Gasteiger partial charge in [0.05, 0.1) is 0 Å². The number of para-hydroxylation sites is 1. The second kappa shape index (κ2) is 8.05. The number of carbonyl (C=O) groups excluding carboxylic acids is 1. The molecule has 3 aromatic rings. The lowest BCUT2D eigenvalue weighted by atomic mass is 10.0. The van der Waals surface area contributed by atoms with Crippen LogP contribution in [0.4, 0.5) is 11.5 Å². The van der Waals surface area contributed by atoms with E-state index in [2.05, 4.69) is 40.0 Å². The highest BCUT2D eigenvalue weighted by molar-refractivity contribution is 5.93. The highest BCUT2D eigenvalue weighted by Crippen LogP contribution is 2.33. The molecule has 4 rings (SSSR count). The van der Waals surface area contributed by atoms with Crippen molar-refractivity contribution in [1.82, 2.24) is 15.3 Å². The minimum absolute atomic E-state index is 0.231. The maximum absolute atomic E-state index is 12.6. The van der Waals surface area contributed by atoms with Crippen molar-refractivity contribution in [2.75, 3.05) is 18.0 Å². The van der Waals surface area contributed by atoms with Gasteiger partial charge in [-0.05, 0) is 24.5 Å². The molecular weight excluding hydrogens is 348 g/mol. The molecule has 2 aromatic carbocycles. The smallest absolute Gasteiger partial charge is 0.270 e. The van der Waals surface area contributed by atoms with Gasteiger partial charge in [0.25, 0.3) is 5.91 Å². The molecule has 0 aliphatic carbocycles.